The fourth-order valence-corrected chi connectivity index (χ4v) is 8.01. The molecule has 0 aromatic heterocycles. The topological polar surface area (TPSA) is 94.6 Å². The SMILES string of the molecule is CCCCCCCCCCOC(=O)[C@H](Cc1ccccc1)NC(=O)C(C)(CO)CO[P+](N(C)C)(N(C)C)N(C)C. The van der Waals surface area contributed by atoms with Crippen LogP contribution in [-0.4, -0.2) is 99.1 Å². The Balaban J connectivity index is 2.88. The summed E-state index contributed by atoms with van der Waals surface area (Å²) in [4.78, 5) is 26.7. The molecule has 1 aromatic carbocycles. The molecule has 1 unspecified atom stereocenters. The van der Waals surface area contributed by atoms with Gasteiger partial charge in [-0.1, -0.05) is 82.2 Å². The van der Waals surface area contributed by atoms with Crippen molar-refractivity contribution in [1.82, 2.24) is 19.3 Å². The zero-order valence-corrected chi connectivity index (χ0v) is 27.2. The highest BCUT2D eigenvalue weighted by atomic mass is 31.2. The van der Waals surface area contributed by atoms with Crippen LogP contribution in [0.4, 0.5) is 0 Å². The molecule has 9 nitrogen and oxygen atoms in total. The summed E-state index contributed by atoms with van der Waals surface area (Å²) in [5.74, 6) is -0.910. The quantitative estimate of drug-likeness (QED) is 0.121. The first kappa shape index (κ1) is 36.4. The van der Waals surface area contributed by atoms with Crippen molar-refractivity contribution in [3.05, 3.63) is 35.9 Å². The number of hydrogen-bond acceptors (Lipinski definition) is 8. The van der Waals surface area contributed by atoms with E-state index in [2.05, 4.69) is 12.2 Å². The van der Waals surface area contributed by atoms with E-state index in [1.165, 1.54) is 32.1 Å². The van der Waals surface area contributed by atoms with Crippen molar-refractivity contribution >= 4 is 19.8 Å². The second-order valence-corrected chi connectivity index (χ2v) is 15.1. The van der Waals surface area contributed by atoms with Crippen molar-refractivity contribution in [1.29, 1.82) is 0 Å². The van der Waals surface area contributed by atoms with Crippen molar-refractivity contribution in [3.63, 3.8) is 0 Å². The normalized spacial score (nSPS) is 14.4. The van der Waals surface area contributed by atoms with E-state index in [9.17, 15) is 14.7 Å². The molecule has 0 radical (unpaired) electrons. The van der Waals surface area contributed by atoms with Gasteiger partial charge in [-0.2, -0.15) is 4.52 Å². The highest BCUT2D eigenvalue weighted by Gasteiger charge is 2.53. The Hall–Kier alpha value is -1.61. The predicted molar refractivity (Wildman–Crippen MR) is 165 cm³/mol. The first-order valence-electron chi connectivity index (χ1n) is 14.6. The van der Waals surface area contributed by atoms with E-state index in [4.69, 9.17) is 9.26 Å². The molecule has 0 saturated heterocycles. The summed E-state index contributed by atoms with van der Waals surface area (Å²) in [6, 6.07) is 8.68. The Kier molecular flexibility index (Phi) is 17.1. The second-order valence-electron chi connectivity index (χ2n) is 11.4. The maximum absolute atomic E-state index is 13.6. The molecule has 0 fully saturated rings. The third-order valence-corrected chi connectivity index (χ3v) is 10.7. The molecule has 0 aliphatic heterocycles. The minimum Gasteiger partial charge on any atom is -0.464 e. The summed E-state index contributed by atoms with van der Waals surface area (Å²) in [7, 11) is 9.21. The van der Waals surface area contributed by atoms with Crippen LogP contribution in [0.25, 0.3) is 0 Å². The molecule has 0 heterocycles. The van der Waals surface area contributed by atoms with Crippen molar-refractivity contribution in [2.24, 2.45) is 5.41 Å². The van der Waals surface area contributed by atoms with Crippen LogP contribution in [0, 0.1) is 5.41 Å². The van der Waals surface area contributed by atoms with Crippen molar-refractivity contribution in [2.75, 3.05) is 62.1 Å². The molecular weight excluding hydrogens is 527 g/mol. The number of hydrogen-bond donors (Lipinski definition) is 2. The molecule has 40 heavy (non-hydrogen) atoms. The Morgan fingerprint density at radius 2 is 1.43 bits per heavy atom. The number of ether oxygens (including phenoxy) is 1. The van der Waals surface area contributed by atoms with Gasteiger partial charge in [0.05, 0.1) is 18.6 Å². The lowest BCUT2D eigenvalue weighted by Gasteiger charge is -2.39. The number of esters is 1. The van der Waals surface area contributed by atoms with Crippen LogP contribution in [0.2, 0.25) is 0 Å². The standard InChI is InChI=1S/C30H55N4O5P/c1-9-10-11-12-13-14-15-19-22-38-28(36)27(23-26-20-17-16-18-21-26)31-29(37)30(2,24-35)25-39-40(32(3)4,33(5)6)34(7)8/h16-18,20-21,27,35H,9-15,19,22-25H2,1-8H3/p+1/t27-,30?/m0/s1. The summed E-state index contributed by atoms with van der Waals surface area (Å²) in [6.07, 6.45) is 9.54. The zero-order valence-electron chi connectivity index (χ0n) is 26.3. The number of nitrogens with zero attached hydrogens (tertiary/aromatic N) is 3. The minimum atomic E-state index is -2.38. The number of aliphatic hydroxyl groups is 1. The van der Waals surface area contributed by atoms with E-state index in [1.807, 2.05) is 86.6 Å². The average Bonchev–Trinajstić information content (AvgIpc) is 2.91. The smallest absolute Gasteiger partial charge is 0.369 e. The van der Waals surface area contributed by atoms with Gasteiger partial charge in [0.2, 0.25) is 5.91 Å². The number of nitrogens with one attached hydrogen (secondary N) is 1. The maximum Gasteiger partial charge on any atom is 0.369 e. The molecule has 1 rings (SSSR count). The molecule has 2 N–H and O–H groups in total. The monoisotopic (exact) mass is 583 g/mol. The van der Waals surface area contributed by atoms with Gasteiger partial charge in [-0.05, 0) is 18.9 Å². The molecule has 1 aromatic rings. The van der Waals surface area contributed by atoms with Crippen molar-refractivity contribution in [2.45, 2.75) is 77.7 Å². The highest BCUT2D eigenvalue weighted by molar-refractivity contribution is 7.64. The maximum atomic E-state index is 13.6. The van der Waals surface area contributed by atoms with Gasteiger partial charge < -0.3 is 15.2 Å². The summed E-state index contributed by atoms with van der Waals surface area (Å²) < 4.78 is 18.1. The number of unbranched alkanes of at least 4 members (excludes halogenated alkanes) is 7. The zero-order chi connectivity index (χ0) is 30.2. The number of rotatable bonds is 21. The largest absolute Gasteiger partial charge is 0.464 e. The molecule has 10 heteroatoms. The van der Waals surface area contributed by atoms with E-state index in [0.717, 1.165) is 24.8 Å². The molecular formula is C30H56N4O5P+. The number of aliphatic hydroxyl groups excluding tert-OH is 1. The fourth-order valence-electron chi connectivity index (χ4n) is 4.72. The fraction of sp³-hybridized carbons (Fsp3) is 0.733. The van der Waals surface area contributed by atoms with Crippen LogP contribution in [0.15, 0.2) is 30.3 Å². The lowest BCUT2D eigenvalue weighted by Crippen LogP contribution is -2.52. The summed E-state index contributed by atoms with van der Waals surface area (Å²) in [6.45, 7) is 3.74. The molecule has 230 valence electrons. The lowest BCUT2D eigenvalue weighted by atomic mass is 9.91. The molecule has 0 bridgehead atoms. The number of carbonyl (C=O) groups excluding carboxylic acids is 2. The van der Waals surface area contributed by atoms with E-state index in [0.29, 0.717) is 13.0 Å². The van der Waals surface area contributed by atoms with Crippen LogP contribution in [0.3, 0.4) is 0 Å². The van der Waals surface area contributed by atoms with E-state index < -0.39 is 37.9 Å². The molecule has 1 amide bonds. The lowest BCUT2D eigenvalue weighted by molar-refractivity contribution is -0.150. The van der Waals surface area contributed by atoms with E-state index in [-0.39, 0.29) is 6.61 Å². The van der Waals surface area contributed by atoms with Crippen LogP contribution in [0.5, 0.6) is 0 Å². The number of carbonyl (C=O) groups is 2. The van der Waals surface area contributed by atoms with E-state index in [1.54, 1.807) is 6.92 Å². The molecule has 0 aliphatic carbocycles. The van der Waals surface area contributed by atoms with Crippen LogP contribution < -0.4 is 5.32 Å². The van der Waals surface area contributed by atoms with Crippen LogP contribution >= 0.6 is 7.94 Å². The Morgan fingerprint density at radius 3 is 1.93 bits per heavy atom. The minimum absolute atomic E-state index is 0.0248. The molecule has 0 spiro atoms. The summed E-state index contributed by atoms with van der Waals surface area (Å²) in [5, 5.41) is 13.2. The Bertz CT molecular complexity index is 834. The van der Waals surface area contributed by atoms with Gasteiger partial charge in [0, 0.05) is 48.7 Å². The summed E-state index contributed by atoms with van der Waals surface area (Å²) >= 11 is 0. The van der Waals surface area contributed by atoms with Gasteiger partial charge in [-0.15, -0.1) is 14.0 Å². The second kappa shape index (κ2) is 18.7. The Morgan fingerprint density at radius 1 is 0.900 bits per heavy atom. The van der Waals surface area contributed by atoms with E-state index >= 15 is 0 Å². The number of amides is 1. The molecule has 0 saturated carbocycles. The van der Waals surface area contributed by atoms with Gasteiger partial charge in [-0.3, -0.25) is 4.79 Å². The average molecular weight is 584 g/mol. The third kappa shape index (κ3) is 11.3. The molecule has 2 atom stereocenters. The Labute approximate surface area is 244 Å². The van der Waals surface area contributed by atoms with Gasteiger partial charge in [0.15, 0.2) is 0 Å². The van der Waals surface area contributed by atoms with Crippen molar-refractivity contribution < 1.29 is 24.0 Å². The van der Waals surface area contributed by atoms with Crippen LogP contribution in [-0.2, 0) is 25.3 Å². The molecule has 0 aliphatic rings. The predicted octanol–water partition coefficient (Wildman–Crippen LogP) is 4.78. The highest BCUT2D eigenvalue weighted by Crippen LogP contribution is 2.65. The van der Waals surface area contributed by atoms with Crippen molar-refractivity contribution in [3.8, 4) is 0 Å². The van der Waals surface area contributed by atoms with Crippen LogP contribution in [0.1, 0.15) is 70.8 Å². The van der Waals surface area contributed by atoms with Gasteiger partial charge in [0.25, 0.3) is 0 Å². The number of benzene rings is 1. The van der Waals surface area contributed by atoms with Gasteiger partial charge in [0.1, 0.15) is 12.6 Å². The first-order valence-corrected chi connectivity index (χ1v) is 16.2. The van der Waals surface area contributed by atoms with Gasteiger partial charge >= 0.3 is 13.9 Å². The summed E-state index contributed by atoms with van der Waals surface area (Å²) in [5.41, 5.74) is -0.350. The third-order valence-electron chi connectivity index (χ3n) is 7.13. The van der Waals surface area contributed by atoms with Gasteiger partial charge in [-0.25, -0.2) is 4.79 Å². The first-order chi connectivity index (χ1) is 18.9.